The van der Waals surface area contributed by atoms with Crippen LogP contribution in [-0.4, -0.2) is 44.6 Å². The Bertz CT molecular complexity index is 581. The maximum absolute atomic E-state index is 12.1. The number of Topliss-reactive ketones (excluding diaryl/α,β-unsaturated/α-hetero) is 1. The van der Waals surface area contributed by atoms with E-state index in [1.165, 1.54) is 6.92 Å². The molecule has 6 heteroatoms. The maximum Gasteiger partial charge on any atom is 0.336 e. The molecule has 2 fully saturated rings. The van der Waals surface area contributed by atoms with Gasteiger partial charge in [0.1, 0.15) is 5.78 Å². The van der Waals surface area contributed by atoms with E-state index in [0.717, 1.165) is 0 Å². The molecular weight excluding hydrogens is 276 g/mol. The molecule has 0 amide bonds. The van der Waals surface area contributed by atoms with Gasteiger partial charge in [0.2, 0.25) is 5.79 Å². The number of aliphatic hydroxyl groups excluding tert-OH is 1. The van der Waals surface area contributed by atoms with Crippen LogP contribution >= 0.6 is 0 Å². The number of carbonyl (C=O) groups is 2. The molecule has 1 heterocycles. The summed E-state index contributed by atoms with van der Waals surface area (Å²) in [5, 5.41) is 32.4. The number of aliphatic hydroxyl groups is 3. The fraction of sp³-hybridized carbons (Fsp3) is 0.733. The average Bonchev–Trinajstić information content (AvgIpc) is 2.61. The molecule has 0 saturated heterocycles. The number of hydrogen-bond acceptors (Lipinski definition) is 6. The van der Waals surface area contributed by atoms with Crippen LogP contribution in [0.4, 0.5) is 0 Å². The minimum absolute atomic E-state index is 0.0323. The molecule has 2 saturated carbocycles. The van der Waals surface area contributed by atoms with E-state index in [1.54, 1.807) is 13.8 Å². The van der Waals surface area contributed by atoms with Crippen LogP contribution in [0.2, 0.25) is 0 Å². The zero-order chi connectivity index (χ0) is 15.8. The van der Waals surface area contributed by atoms with Crippen molar-refractivity contribution in [3.63, 3.8) is 0 Å². The van der Waals surface area contributed by atoms with E-state index in [4.69, 9.17) is 4.74 Å². The zero-order valence-corrected chi connectivity index (χ0v) is 12.3. The molecule has 1 aliphatic heterocycles. The van der Waals surface area contributed by atoms with Crippen LogP contribution in [0.5, 0.6) is 0 Å². The predicted molar refractivity (Wildman–Crippen MR) is 70.8 cm³/mol. The topological polar surface area (TPSA) is 104 Å². The van der Waals surface area contributed by atoms with Gasteiger partial charge in [0.05, 0.1) is 11.7 Å². The van der Waals surface area contributed by atoms with Gasteiger partial charge in [-0.05, 0) is 13.3 Å². The fourth-order valence-electron chi connectivity index (χ4n) is 4.26. The van der Waals surface area contributed by atoms with E-state index in [-0.39, 0.29) is 36.2 Å². The Balaban J connectivity index is 2.20. The van der Waals surface area contributed by atoms with Gasteiger partial charge in [-0.15, -0.1) is 0 Å². The number of carbonyl (C=O) groups excluding carboxylic acids is 2. The third-order valence-electron chi connectivity index (χ3n) is 5.94. The lowest BCUT2D eigenvalue weighted by Gasteiger charge is -2.59. The second kappa shape index (κ2) is 3.94. The Morgan fingerprint density at radius 3 is 2.52 bits per heavy atom. The molecule has 0 radical (unpaired) electrons. The van der Waals surface area contributed by atoms with Crippen LogP contribution in [0.3, 0.4) is 0 Å². The van der Waals surface area contributed by atoms with Crippen molar-refractivity contribution in [2.45, 2.75) is 57.5 Å². The van der Waals surface area contributed by atoms with Crippen LogP contribution in [0, 0.1) is 11.3 Å². The van der Waals surface area contributed by atoms with E-state index in [0.29, 0.717) is 0 Å². The molecule has 0 bridgehead atoms. The van der Waals surface area contributed by atoms with Crippen molar-refractivity contribution in [3.05, 3.63) is 11.1 Å². The summed E-state index contributed by atoms with van der Waals surface area (Å²) in [5.74, 6) is -3.28. The normalized spacial score (nSPS) is 49.8. The molecule has 5 atom stereocenters. The summed E-state index contributed by atoms with van der Waals surface area (Å²) >= 11 is 0. The van der Waals surface area contributed by atoms with Crippen LogP contribution in [-0.2, 0) is 14.3 Å². The Morgan fingerprint density at radius 1 is 1.29 bits per heavy atom. The molecule has 3 N–H and O–H groups in total. The fourth-order valence-corrected chi connectivity index (χ4v) is 4.26. The van der Waals surface area contributed by atoms with E-state index in [9.17, 15) is 24.9 Å². The van der Waals surface area contributed by atoms with Gasteiger partial charge in [-0.3, -0.25) is 4.79 Å². The molecule has 0 aromatic heterocycles. The summed E-state index contributed by atoms with van der Waals surface area (Å²) < 4.78 is 4.99. The molecular formula is C15H20O6. The van der Waals surface area contributed by atoms with Crippen LogP contribution < -0.4 is 0 Å². The SMILES string of the molecule is CC1=C2C(O)C3(C)C(C)C(=O)CCC3(O)CC2(O)OC1=O. The lowest BCUT2D eigenvalue weighted by atomic mass is 9.49. The first-order chi connectivity index (χ1) is 9.57. The monoisotopic (exact) mass is 296 g/mol. The number of rotatable bonds is 0. The van der Waals surface area contributed by atoms with E-state index in [2.05, 4.69) is 0 Å². The van der Waals surface area contributed by atoms with Crippen LogP contribution in [0.1, 0.15) is 40.0 Å². The summed E-state index contributed by atoms with van der Waals surface area (Å²) in [6.45, 7) is 4.79. The van der Waals surface area contributed by atoms with Crippen LogP contribution in [0.25, 0.3) is 0 Å². The summed E-state index contributed by atoms with van der Waals surface area (Å²) in [6, 6.07) is 0. The highest BCUT2D eigenvalue weighted by atomic mass is 16.7. The molecule has 5 unspecified atom stereocenters. The maximum atomic E-state index is 12.1. The Hall–Kier alpha value is -1.24. The highest BCUT2D eigenvalue weighted by molar-refractivity contribution is 5.93. The van der Waals surface area contributed by atoms with Crippen molar-refractivity contribution in [3.8, 4) is 0 Å². The average molecular weight is 296 g/mol. The standard InChI is InChI=1S/C15H20O6/c1-7-10-11(17)13(3)8(2)9(16)4-5-14(13,19)6-15(10,20)21-12(7)18/h8,11,17,19-20H,4-6H2,1-3H3. The molecule has 6 nitrogen and oxygen atoms in total. The number of ketones is 1. The van der Waals surface area contributed by atoms with Gasteiger partial charge in [0.15, 0.2) is 0 Å². The highest BCUT2D eigenvalue weighted by Crippen LogP contribution is 2.60. The smallest absolute Gasteiger partial charge is 0.336 e. The van der Waals surface area contributed by atoms with Crippen molar-refractivity contribution in [1.29, 1.82) is 0 Å². The van der Waals surface area contributed by atoms with Gasteiger partial charge in [0.25, 0.3) is 0 Å². The first kappa shape index (κ1) is 14.7. The molecule has 2 aliphatic carbocycles. The summed E-state index contributed by atoms with van der Waals surface area (Å²) in [5.41, 5.74) is -2.39. The lowest BCUT2D eigenvalue weighted by molar-refractivity contribution is -0.267. The lowest BCUT2D eigenvalue weighted by Crippen LogP contribution is -2.69. The third kappa shape index (κ3) is 1.53. The number of esters is 1. The van der Waals surface area contributed by atoms with Crippen molar-refractivity contribution < 1.29 is 29.6 Å². The van der Waals surface area contributed by atoms with Gasteiger partial charge in [-0.25, -0.2) is 4.79 Å². The van der Waals surface area contributed by atoms with E-state index >= 15 is 0 Å². The van der Waals surface area contributed by atoms with Crippen molar-refractivity contribution >= 4 is 11.8 Å². The first-order valence-corrected chi connectivity index (χ1v) is 7.17. The van der Waals surface area contributed by atoms with E-state index in [1.807, 2.05) is 0 Å². The second-order valence-corrected chi connectivity index (χ2v) is 6.79. The highest BCUT2D eigenvalue weighted by Gasteiger charge is 2.70. The van der Waals surface area contributed by atoms with E-state index < -0.39 is 34.8 Å². The Morgan fingerprint density at radius 2 is 1.90 bits per heavy atom. The van der Waals surface area contributed by atoms with Gasteiger partial charge >= 0.3 is 5.97 Å². The van der Waals surface area contributed by atoms with Crippen molar-refractivity contribution in [2.75, 3.05) is 0 Å². The van der Waals surface area contributed by atoms with Crippen molar-refractivity contribution in [1.82, 2.24) is 0 Å². The zero-order valence-electron chi connectivity index (χ0n) is 12.3. The minimum Gasteiger partial charge on any atom is -0.426 e. The molecule has 0 aromatic rings. The number of fused-ring (bicyclic) bond motifs is 2. The largest absolute Gasteiger partial charge is 0.426 e. The Kier molecular flexibility index (Phi) is 2.75. The van der Waals surface area contributed by atoms with Gasteiger partial charge in [-0.2, -0.15) is 0 Å². The second-order valence-electron chi connectivity index (χ2n) is 6.79. The molecule has 0 aromatic carbocycles. The summed E-state index contributed by atoms with van der Waals surface area (Å²) in [7, 11) is 0. The third-order valence-corrected chi connectivity index (χ3v) is 5.94. The number of ether oxygens (including phenoxy) is 1. The predicted octanol–water partition coefficient (Wildman–Crippen LogP) is 0.0493. The van der Waals surface area contributed by atoms with Gasteiger partial charge in [0, 0.05) is 35.3 Å². The van der Waals surface area contributed by atoms with Gasteiger partial charge in [-0.1, -0.05) is 13.8 Å². The minimum atomic E-state index is -1.98. The molecule has 3 aliphatic rings. The molecule has 3 rings (SSSR count). The van der Waals surface area contributed by atoms with Crippen molar-refractivity contribution in [2.24, 2.45) is 11.3 Å². The first-order valence-electron chi connectivity index (χ1n) is 7.17. The summed E-state index contributed by atoms with van der Waals surface area (Å²) in [6.07, 6.45) is -1.21. The quantitative estimate of drug-likeness (QED) is 0.546. The van der Waals surface area contributed by atoms with Gasteiger partial charge < -0.3 is 20.1 Å². The summed E-state index contributed by atoms with van der Waals surface area (Å²) in [4.78, 5) is 23.8. The Labute approximate surface area is 122 Å². The number of hydrogen-bond donors (Lipinski definition) is 3. The molecule has 0 spiro atoms. The molecule has 116 valence electrons. The molecule has 21 heavy (non-hydrogen) atoms. The van der Waals surface area contributed by atoms with Crippen LogP contribution in [0.15, 0.2) is 11.1 Å².